The first kappa shape index (κ1) is 26.0. The van der Waals surface area contributed by atoms with E-state index in [1.165, 1.54) is 42.6 Å². The Kier molecular flexibility index (Phi) is 9.30. The lowest BCUT2D eigenvalue weighted by Crippen LogP contribution is -2.35. The highest BCUT2D eigenvalue weighted by atomic mass is 32.2. The maximum Gasteiger partial charge on any atom is 0.247 e. The highest BCUT2D eigenvalue weighted by Gasteiger charge is 2.41. The molecule has 31 heavy (non-hydrogen) atoms. The number of amides is 2. The minimum atomic E-state index is -0.242. The summed E-state index contributed by atoms with van der Waals surface area (Å²) in [5.41, 5.74) is 1.95. The molecule has 1 saturated heterocycles. The third-order valence-electron chi connectivity index (χ3n) is 7.64. The van der Waals surface area contributed by atoms with E-state index in [-0.39, 0.29) is 27.8 Å². The number of imide groups is 1. The van der Waals surface area contributed by atoms with Crippen LogP contribution in [-0.4, -0.2) is 29.6 Å². The molecule has 2 amide bonds. The molecule has 172 valence electrons. The van der Waals surface area contributed by atoms with Crippen LogP contribution >= 0.6 is 11.8 Å². The molecule has 1 aromatic rings. The van der Waals surface area contributed by atoms with Gasteiger partial charge in [0, 0.05) is 11.7 Å². The standard InChI is InChI=1S/C26H42BNO2S/c1-8-9-10-11-12-13-19(2)31-22-18-23(29)28(24(22)30)21-16-14-20(15-17-21)25(3,4)26(5,6)27-7/h14-17,19,22,27H,8-13,18H2,1-7H3. The first-order chi connectivity index (χ1) is 14.5. The van der Waals surface area contributed by atoms with Crippen molar-refractivity contribution in [3.8, 4) is 0 Å². The van der Waals surface area contributed by atoms with Crippen LogP contribution < -0.4 is 4.90 Å². The van der Waals surface area contributed by atoms with Crippen molar-refractivity contribution >= 4 is 36.5 Å². The van der Waals surface area contributed by atoms with Crippen LogP contribution in [0.3, 0.4) is 0 Å². The minimum Gasteiger partial charge on any atom is -0.274 e. The quantitative estimate of drug-likeness (QED) is 0.203. The number of rotatable bonds is 12. The Morgan fingerprint density at radius 2 is 1.68 bits per heavy atom. The molecule has 1 heterocycles. The van der Waals surface area contributed by atoms with Gasteiger partial charge in [0.1, 0.15) is 7.28 Å². The zero-order chi connectivity index (χ0) is 23.2. The van der Waals surface area contributed by atoms with Crippen LogP contribution in [0.4, 0.5) is 5.69 Å². The van der Waals surface area contributed by atoms with E-state index in [4.69, 9.17) is 0 Å². The van der Waals surface area contributed by atoms with Crippen molar-refractivity contribution in [2.24, 2.45) is 0 Å². The van der Waals surface area contributed by atoms with E-state index in [1.54, 1.807) is 11.8 Å². The van der Waals surface area contributed by atoms with Gasteiger partial charge in [0.05, 0.1) is 10.9 Å². The molecule has 5 heteroatoms. The largest absolute Gasteiger partial charge is 0.274 e. The van der Waals surface area contributed by atoms with E-state index in [2.05, 4.69) is 60.5 Å². The van der Waals surface area contributed by atoms with Crippen molar-refractivity contribution in [2.45, 2.75) is 115 Å². The van der Waals surface area contributed by atoms with E-state index in [1.807, 2.05) is 12.1 Å². The maximum absolute atomic E-state index is 13.0. The van der Waals surface area contributed by atoms with Crippen LogP contribution in [0.15, 0.2) is 24.3 Å². The van der Waals surface area contributed by atoms with Crippen molar-refractivity contribution in [3.63, 3.8) is 0 Å². The summed E-state index contributed by atoms with van der Waals surface area (Å²) >= 11 is 1.68. The zero-order valence-electron chi connectivity index (χ0n) is 20.8. The van der Waals surface area contributed by atoms with Crippen molar-refractivity contribution in [2.75, 3.05) is 4.90 Å². The predicted octanol–water partition coefficient (Wildman–Crippen LogP) is 6.76. The number of hydrogen-bond donors (Lipinski definition) is 0. The summed E-state index contributed by atoms with van der Waals surface area (Å²) in [7, 11) is 1.08. The fraction of sp³-hybridized carbons (Fsp3) is 0.692. The summed E-state index contributed by atoms with van der Waals surface area (Å²) in [6.45, 7) is 15.8. The molecule has 3 nitrogen and oxygen atoms in total. The van der Waals surface area contributed by atoms with Gasteiger partial charge in [-0.1, -0.05) is 97.9 Å². The number of carbonyl (C=O) groups is 2. The molecule has 0 saturated carbocycles. The molecule has 1 aromatic carbocycles. The highest BCUT2D eigenvalue weighted by molar-refractivity contribution is 8.01. The Labute approximate surface area is 195 Å². The SMILES string of the molecule is CBC(C)(C)C(C)(C)c1ccc(N2C(=O)CC(SC(C)CCCCCCC)C2=O)cc1. The molecule has 1 aliphatic heterocycles. The summed E-state index contributed by atoms with van der Waals surface area (Å²) in [5.74, 6) is -0.118. The van der Waals surface area contributed by atoms with Gasteiger partial charge in [-0.2, -0.15) is 0 Å². The molecule has 2 atom stereocenters. The fourth-order valence-electron chi connectivity index (χ4n) is 4.23. The second-order valence-corrected chi connectivity index (χ2v) is 12.0. The van der Waals surface area contributed by atoms with E-state index in [0.717, 1.165) is 13.7 Å². The molecular formula is C26H42BNO2S. The number of unbranched alkanes of at least 4 members (excludes halogenated alkanes) is 4. The average Bonchev–Trinajstić information content (AvgIpc) is 3.00. The summed E-state index contributed by atoms with van der Waals surface area (Å²) in [6, 6.07) is 8.07. The highest BCUT2D eigenvalue weighted by Crippen LogP contribution is 2.46. The second-order valence-electron chi connectivity index (χ2n) is 10.3. The van der Waals surface area contributed by atoms with Gasteiger partial charge < -0.3 is 0 Å². The number of thioether (sulfide) groups is 1. The Bertz CT molecular complexity index is 744. The molecule has 2 rings (SSSR count). The van der Waals surface area contributed by atoms with Gasteiger partial charge in [-0.3, -0.25) is 9.59 Å². The molecule has 2 unspecified atom stereocenters. The summed E-state index contributed by atoms with van der Waals surface area (Å²) in [5, 5.41) is 0.318. The van der Waals surface area contributed by atoms with Crippen molar-refractivity contribution in [1.82, 2.24) is 0 Å². The van der Waals surface area contributed by atoms with Crippen LogP contribution in [0, 0.1) is 0 Å². The lowest BCUT2D eigenvalue weighted by atomic mass is 9.44. The molecule has 0 bridgehead atoms. The molecule has 0 aliphatic carbocycles. The third kappa shape index (κ3) is 6.18. The van der Waals surface area contributed by atoms with Gasteiger partial charge in [-0.15, -0.1) is 11.8 Å². The van der Waals surface area contributed by atoms with Crippen LogP contribution in [0.1, 0.15) is 92.1 Å². The summed E-state index contributed by atoms with van der Waals surface area (Å²) in [6.07, 6.45) is 7.76. The normalized spacial score (nSPS) is 18.5. The van der Waals surface area contributed by atoms with E-state index >= 15 is 0 Å². The molecule has 0 N–H and O–H groups in total. The van der Waals surface area contributed by atoms with Crippen LogP contribution in [-0.2, 0) is 15.0 Å². The molecule has 0 aromatic heterocycles. The van der Waals surface area contributed by atoms with Crippen molar-refractivity contribution in [1.29, 1.82) is 0 Å². The minimum absolute atomic E-state index is 0.00422. The third-order valence-corrected chi connectivity index (χ3v) is 9.04. The van der Waals surface area contributed by atoms with Gasteiger partial charge in [-0.25, -0.2) is 4.90 Å². The predicted molar refractivity (Wildman–Crippen MR) is 138 cm³/mol. The Hall–Kier alpha value is -1.23. The topological polar surface area (TPSA) is 37.4 Å². The van der Waals surface area contributed by atoms with Gasteiger partial charge in [0.15, 0.2) is 0 Å². The number of benzene rings is 1. The van der Waals surface area contributed by atoms with E-state index in [9.17, 15) is 9.59 Å². The van der Waals surface area contributed by atoms with Crippen molar-refractivity contribution < 1.29 is 9.59 Å². The zero-order valence-corrected chi connectivity index (χ0v) is 21.6. The average molecular weight is 444 g/mol. The maximum atomic E-state index is 13.0. The monoisotopic (exact) mass is 443 g/mol. The van der Waals surface area contributed by atoms with E-state index in [0.29, 0.717) is 17.4 Å². The summed E-state index contributed by atoms with van der Waals surface area (Å²) in [4.78, 5) is 27.1. The Morgan fingerprint density at radius 3 is 2.26 bits per heavy atom. The van der Waals surface area contributed by atoms with Crippen LogP contribution in [0.2, 0.25) is 12.1 Å². The molecule has 0 spiro atoms. The molecule has 1 fully saturated rings. The summed E-state index contributed by atoms with van der Waals surface area (Å²) < 4.78 is 0. The van der Waals surface area contributed by atoms with Gasteiger partial charge in [0.2, 0.25) is 11.8 Å². The molecular weight excluding hydrogens is 401 g/mol. The molecule has 1 aliphatic rings. The first-order valence-electron chi connectivity index (χ1n) is 12.2. The number of anilines is 1. The van der Waals surface area contributed by atoms with Gasteiger partial charge in [-0.05, 0) is 29.5 Å². The molecule has 0 radical (unpaired) electrons. The van der Waals surface area contributed by atoms with Crippen molar-refractivity contribution in [3.05, 3.63) is 29.8 Å². The lowest BCUT2D eigenvalue weighted by molar-refractivity contribution is -0.121. The second kappa shape index (κ2) is 11.1. The van der Waals surface area contributed by atoms with E-state index < -0.39 is 0 Å². The van der Waals surface area contributed by atoms with Gasteiger partial charge >= 0.3 is 0 Å². The van der Waals surface area contributed by atoms with Crippen LogP contribution in [0.25, 0.3) is 0 Å². The Morgan fingerprint density at radius 1 is 1.06 bits per heavy atom. The van der Waals surface area contributed by atoms with Gasteiger partial charge in [0.25, 0.3) is 0 Å². The first-order valence-corrected chi connectivity index (χ1v) is 13.1. The number of nitrogens with zero attached hydrogens (tertiary/aromatic N) is 1. The smallest absolute Gasteiger partial charge is 0.247 e. The van der Waals surface area contributed by atoms with Crippen LogP contribution in [0.5, 0.6) is 0 Å². The number of carbonyl (C=O) groups excluding carboxylic acids is 2. The lowest BCUT2D eigenvalue weighted by Gasteiger charge is -2.41. The number of hydrogen-bond acceptors (Lipinski definition) is 3. The Balaban J connectivity index is 2.01. The fourth-order valence-corrected chi connectivity index (χ4v) is 5.55.